The maximum absolute atomic E-state index is 11.0. The van der Waals surface area contributed by atoms with Gasteiger partial charge in [0.15, 0.2) is 0 Å². The molecule has 4 heteroatoms. The van der Waals surface area contributed by atoms with Crippen molar-refractivity contribution in [3.8, 4) is 5.75 Å². The molecule has 0 spiro atoms. The van der Waals surface area contributed by atoms with Gasteiger partial charge in [-0.2, -0.15) is 0 Å². The van der Waals surface area contributed by atoms with Crippen LogP contribution in [0.4, 0.5) is 0 Å². The highest BCUT2D eigenvalue weighted by Gasteiger charge is 1.99. The lowest BCUT2D eigenvalue weighted by Gasteiger charge is -2.10. The van der Waals surface area contributed by atoms with Gasteiger partial charge in [-0.25, -0.2) is 0 Å². The first-order chi connectivity index (χ1) is 4.63. The summed E-state index contributed by atoms with van der Waals surface area (Å²) in [5.41, 5.74) is 0. The van der Waals surface area contributed by atoms with Crippen molar-refractivity contribution in [1.82, 2.24) is 0 Å². The van der Waals surface area contributed by atoms with Crippen molar-refractivity contribution < 1.29 is 5.11 Å². The van der Waals surface area contributed by atoms with Crippen LogP contribution < -0.4 is 5.11 Å². The molecule has 1 rings (SSSR count). The Bertz CT molecular complexity index is 232. The van der Waals surface area contributed by atoms with Crippen LogP contribution in [0, 0.1) is 10.7 Å². The number of rotatable bonds is 0. The topological polar surface area (TPSA) is 23.1 Å². The van der Waals surface area contributed by atoms with Crippen LogP contribution in [0.25, 0.3) is 0 Å². The Morgan fingerprint density at radius 3 is 2.10 bits per heavy atom. The molecule has 0 aliphatic carbocycles. The lowest BCUT2D eigenvalue weighted by atomic mass is 10.3. The standard InChI is InChI=1S/C6H3I3O/c7-3-1-2-4(10)6(9)5(3)8/h1-2,10H/p-1. The smallest absolute Gasteiger partial charge is 0.0391 e. The summed E-state index contributed by atoms with van der Waals surface area (Å²) in [6.45, 7) is 0. The van der Waals surface area contributed by atoms with Gasteiger partial charge in [0.2, 0.25) is 0 Å². The minimum Gasteiger partial charge on any atom is -0.872 e. The highest BCUT2D eigenvalue weighted by molar-refractivity contribution is 14.1. The van der Waals surface area contributed by atoms with Gasteiger partial charge in [-0.05, 0) is 73.8 Å². The average Bonchev–Trinajstić information content (AvgIpc) is 1.93. The molecule has 1 aromatic rings. The van der Waals surface area contributed by atoms with Crippen LogP contribution >= 0.6 is 67.8 Å². The zero-order valence-corrected chi connectivity index (χ0v) is 11.2. The molecule has 54 valence electrons. The Hall–Kier alpha value is 1.21. The quantitative estimate of drug-likeness (QED) is 0.422. The second kappa shape index (κ2) is 3.74. The molecule has 0 N–H and O–H groups in total. The maximum atomic E-state index is 11.0. The molecule has 0 saturated heterocycles. The Morgan fingerprint density at radius 2 is 1.60 bits per heavy atom. The van der Waals surface area contributed by atoms with Crippen molar-refractivity contribution in [3.05, 3.63) is 22.8 Å². The van der Waals surface area contributed by atoms with E-state index in [0.29, 0.717) is 0 Å². The van der Waals surface area contributed by atoms with Crippen molar-refractivity contribution in [2.75, 3.05) is 0 Å². The summed E-state index contributed by atoms with van der Waals surface area (Å²) < 4.78 is 3.03. The van der Waals surface area contributed by atoms with E-state index in [0.717, 1.165) is 10.7 Å². The average molecular weight is 471 g/mol. The van der Waals surface area contributed by atoms with Crippen LogP contribution in [0.2, 0.25) is 0 Å². The zero-order valence-electron chi connectivity index (χ0n) is 4.70. The molecule has 0 aromatic heterocycles. The first-order valence-corrected chi connectivity index (χ1v) is 5.67. The van der Waals surface area contributed by atoms with Gasteiger partial charge in [0.1, 0.15) is 0 Å². The van der Waals surface area contributed by atoms with Gasteiger partial charge in [-0.15, -0.1) is 0 Å². The van der Waals surface area contributed by atoms with Gasteiger partial charge in [-0.3, -0.25) is 0 Å². The molecule has 0 fully saturated rings. The van der Waals surface area contributed by atoms with Crippen LogP contribution in [0.1, 0.15) is 0 Å². The lowest BCUT2D eigenvalue weighted by molar-refractivity contribution is -0.269. The van der Waals surface area contributed by atoms with Gasteiger partial charge in [0.05, 0.1) is 0 Å². The monoisotopic (exact) mass is 471 g/mol. The van der Waals surface area contributed by atoms with Gasteiger partial charge in [0, 0.05) is 10.7 Å². The summed E-state index contributed by atoms with van der Waals surface area (Å²) in [6, 6.07) is 3.44. The third-order valence-electron chi connectivity index (χ3n) is 1.000. The Labute approximate surface area is 100 Å². The fourth-order valence-electron chi connectivity index (χ4n) is 0.508. The molecule has 0 amide bonds. The van der Waals surface area contributed by atoms with E-state index in [-0.39, 0.29) is 5.75 Å². The van der Waals surface area contributed by atoms with Crippen LogP contribution in [-0.2, 0) is 0 Å². The predicted molar refractivity (Wildman–Crippen MR) is 64.0 cm³/mol. The summed E-state index contributed by atoms with van der Waals surface area (Å²) in [6.07, 6.45) is 0. The summed E-state index contributed by atoms with van der Waals surface area (Å²) in [5, 5.41) is 11.0. The van der Waals surface area contributed by atoms with E-state index in [1.807, 2.05) is 6.07 Å². The van der Waals surface area contributed by atoms with Crippen molar-refractivity contribution in [2.45, 2.75) is 0 Å². The van der Waals surface area contributed by atoms with Crippen molar-refractivity contribution in [1.29, 1.82) is 0 Å². The molecule has 0 radical (unpaired) electrons. The molecule has 0 aliphatic rings. The SMILES string of the molecule is [O-]c1ccc(I)c(I)c1I. The summed E-state index contributed by atoms with van der Waals surface area (Å²) in [4.78, 5) is 0. The largest absolute Gasteiger partial charge is 0.872 e. The molecule has 1 nitrogen and oxygen atoms in total. The zero-order chi connectivity index (χ0) is 7.72. The second-order valence-electron chi connectivity index (χ2n) is 1.67. The van der Waals surface area contributed by atoms with Gasteiger partial charge in [0.25, 0.3) is 0 Å². The van der Waals surface area contributed by atoms with Crippen molar-refractivity contribution in [2.24, 2.45) is 0 Å². The third kappa shape index (κ3) is 1.87. The highest BCUT2D eigenvalue weighted by atomic mass is 127. The van der Waals surface area contributed by atoms with E-state index in [1.54, 1.807) is 6.07 Å². The fraction of sp³-hybridized carbons (Fsp3) is 0. The molecular weight excluding hydrogens is 469 g/mol. The maximum Gasteiger partial charge on any atom is 0.0391 e. The number of benzene rings is 1. The van der Waals surface area contributed by atoms with E-state index in [4.69, 9.17) is 0 Å². The minimum atomic E-state index is 0.116. The number of hydrogen-bond acceptors (Lipinski definition) is 1. The molecule has 1 aromatic carbocycles. The first kappa shape index (κ1) is 9.30. The van der Waals surface area contributed by atoms with E-state index in [1.165, 1.54) is 0 Å². The van der Waals surface area contributed by atoms with E-state index in [9.17, 15) is 5.11 Å². The molecule has 0 saturated carbocycles. The summed E-state index contributed by atoms with van der Waals surface area (Å²) in [7, 11) is 0. The second-order valence-corrected chi connectivity index (χ2v) is 4.99. The molecular formula is C6H2I3O-. The van der Waals surface area contributed by atoms with Crippen LogP contribution in [0.15, 0.2) is 12.1 Å². The van der Waals surface area contributed by atoms with Crippen molar-refractivity contribution in [3.63, 3.8) is 0 Å². The Kier molecular flexibility index (Phi) is 3.48. The molecule has 0 aliphatic heterocycles. The van der Waals surface area contributed by atoms with Crippen LogP contribution in [0.5, 0.6) is 5.75 Å². The van der Waals surface area contributed by atoms with Gasteiger partial charge < -0.3 is 5.11 Å². The highest BCUT2D eigenvalue weighted by Crippen LogP contribution is 2.26. The number of halogens is 3. The van der Waals surface area contributed by atoms with Gasteiger partial charge >= 0.3 is 0 Å². The molecule has 0 atom stereocenters. The summed E-state index contributed by atoms with van der Waals surface area (Å²) in [5.74, 6) is 0.116. The van der Waals surface area contributed by atoms with E-state index < -0.39 is 0 Å². The van der Waals surface area contributed by atoms with E-state index >= 15 is 0 Å². The third-order valence-corrected chi connectivity index (χ3v) is 6.15. The minimum absolute atomic E-state index is 0.116. The molecule has 0 bridgehead atoms. The lowest BCUT2D eigenvalue weighted by Crippen LogP contribution is -1.96. The Balaban J connectivity index is 3.34. The van der Waals surface area contributed by atoms with Crippen LogP contribution in [-0.4, -0.2) is 0 Å². The van der Waals surface area contributed by atoms with Crippen molar-refractivity contribution >= 4 is 67.8 Å². The fourth-order valence-corrected chi connectivity index (χ4v) is 2.39. The number of hydrogen-bond donors (Lipinski definition) is 0. The normalized spacial score (nSPS) is 9.90. The van der Waals surface area contributed by atoms with Crippen LogP contribution in [0.3, 0.4) is 0 Å². The first-order valence-electron chi connectivity index (χ1n) is 2.43. The van der Waals surface area contributed by atoms with Gasteiger partial charge in [-0.1, -0.05) is 11.8 Å². The predicted octanol–water partition coefficient (Wildman–Crippen LogP) is 2.57. The molecule has 0 heterocycles. The van der Waals surface area contributed by atoms with E-state index in [2.05, 4.69) is 67.8 Å². The Morgan fingerprint density at radius 1 is 1.00 bits per heavy atom. The summed E-state index contributed by atoms with van der Waals surface area (Å²) >= 11 is 6.46. The molecule has 0 unspecified atom stereocenters. The molecule has 10 heavy (non-hydrogen) atoms.